The minimum Gasteiger partial charge on any atom is -0.392 e. The van der Waals surface area contributed by atoms with E-state index in [1.165, 1.54) is 4.90 Å². The maximum Gasteiger partial charge on any atom is 0.256 e. The number of aryl methyl sites for hydroxylation is 2. The van der Waals surface area contributed by atoms with Gasteiger partial charge in [-0.25, -0.2) is 0 Å². The number of amides is 1. The molecule has 1 rings (SSSR count). The second-order valence-electron chi connectivity index (χ2n) is 3.98. The fourth-order valence-electron chi connectivity index (χ4n) is 1.32. The largest absolute Gasteiger partial charge is 0.392 e. The van der Waals surface area contributed by atoms with Gasteiger partial charge in [0.25, 0.3) is 5.91 Å². The van der Waals surface area contributed by atoms with E-state index in [1.807, 2.05) is 0 Å². The number of aromatic nitrogens is 2. The number of hydrogen-bond donors (Lipinski definition) is 1. The van der Waals surface area contributed by atoms with Gasteiger partial charge in [-0.05, 0) is 26.8 Å². The van der Waals surface area contributed by atoms with E-state index in [4.69, 9.17) is 18.0 Å². The van der Waals surface area contributed by atoms with Crippen LogP contribution in [0.1, 0.15) is 28.7 Å². The van der Waals surface area contributed by atoms with Crippen LogP contribution in [0.5, 0.6) is 0 Å². The van der Waals surface area contributed by atoms with E-state index in [1.54, 1.807) is 33.9 Å². The smallest absolute Gasteiger partial charge is 0.256 e. The zero-order valence-electron chi connectivity index (χ0n) is 10.4. The van der Waals surface area contributed by atoms with E-state index in [0.29, 0.717) is 17.0 Å². The van der Waals surface area contributed by atoms with Crippen LogP contribution in [0.2, 0.25) is 0 Å². The van der Waals surface area contributed by atoms with E-state index in [-0.39, 0.29) is 16.9 Å². The van der Waals surface area contributed by atoms with Crippen LogP contribution in [0.3, 0.4) is 0 Å². The second kappa shape index (κ2) is 5.18. The maximum absolute atomic E-state index is 12.2. The molecule has 2 N–H and O–H groups in total. The summed E-state index contributed by atoms with van der Waals surface area (Å²) in [5.74, 6) is -0.152. The Kier molecular flexibility index (Phi) is 4.11. The monoisotopic (exact) mass is 252 g/mol. The first kappa shape index (κ1) is 13.5. The van der Waals surface area contributed by atoms with Gasteiger partial charge in [0.05, 0.1) is 28.0 Å². The Morgan fingerprint density at radius 1 is 1.47 bits per heavy atom. The van der Waals surface area contributed by atoms with Crippen LogP contribution >= 0.6 is 12.2 Å². The molecule has 0 aromatic carbocycles. The Bertz CT molecular complexity index is 461. The normalized spacial score (nSPS) is 12.0. The van der Waals surface area contributed by atoms with Crippen molar-refractivity contribution in [3.63, 3.8) is 0 Å². The third-order valence-corrected chi connectivity index (χ3v) is 2.99. The van der Waals surface area contributed by atoms with Gasteiger partial charge in [0.1, 0.15) is 0 Å². The SMILES string of the molecule is Cc1cc(C(=O)N(C)C(C)C(N)=S)c(C)nn1. The van der Waals surface area contributed by atoms with Crippen molar-refractivity contribution in [1.29, 1.82) is 0 Å². The lowest BCUT2D eigenvalue weighted by atomic mass is 10.1. The molecule has 1 aromatic rings. The average Bonchev–Trinajstić information content (AvgIpc) is 2.29. The van der Waals surface area contributed by atoms with E-state index in [2.05, 4.69) is 10.2 Å². The van der Waals surface area contributed by atoms with Gasteiger partial charge in [0, 0.05) is 7.05 Å². The lowest BCUT2D eigenvalue weighted by Gasteiger charge is -2.24. The summed E-state index contributed by atoms with van der Waals surface area (Å²) in [6, 6.07) is 1.43. The lowest BCUT2D eigenvalue weighted by molar-refractivity contribution is 0.0777. The first-order chi connectivity index (χ1) is 7.84. The van der Waals surface area contributed by atoms with Gasteiger partial charge < -0.3 is 10.6 Å². The molecule has 0 saturated heterocycles. The van der Waals surface area contributed by atoms with Gasteiger partial charge in [0.2, 0.25) is 0 Å². The summed E-state index contributed by atoms with van der Waals surface area (Å²) >= 11 is 4.88. The molecule has 6 heteroatoms. The quantitative estimate of drug-likeness (QED) is 0.807. The average molecular weight is 252 g/mol. The fourth-order valence-corrected chi connectivity index (χ4v) is 1.48. The molecule has 0 aliphatic rings. The molecular formula is C11H16N4OS. The molecule has 0 aliphatic carbocycles. The van der Waals surface area contributed by atoms with Gasteiger partial charge in [-0.15, -0.1) is 0 Å². The lowest BCUT2D eigenvalue weighted by Crippen LogP contribution is -2.43. The molecule has 1 unspecified atom stereocenters. The standard InChI is InChI=1S/C11H16N4OS/c1-6-5-9(7(2)14-13-6)11(16)15(4)8(3)10(12)17/h5,8H,1-4H3,(H2,12,17). The maximum atomic E-state index is 12.2. The van der Waals surface area contributed by atoms with Crippen LogP contribution in [0.15, 0.2) is 6.07 Å². The Morgan fingerprint density at radius 2 is 2.06 bits per heavy atom. The van der Waals surface area contributed by atoms with Gasteiger partial charge in [-0.3, -0.25) is 4.79 Å². The highest BCUT2D eigenvalue weighted by molar-refractivity contribution is 7.80. The third kappa shape index (κ3) is 2.97. The van der Waals surface area contributed by atoms with E-state index in [9.17, 15) is 4.79 Å². The summed E-state index contributed by atoms with van der Waals surface area (Å²) in [6.07, 6.45) is 0. The number of nitrogens with two attached hydrogens (primary N) is 1. The molecule has 1 atom stereocenters. The first-order valence-electron chi connectivity index (χ1n) is 5.22. The molecule has 0 bridgehead atoms. The van der Waals surface area contributed by atoms with Gasteiger partial charge in [-0.2, -0.15) is 10.2 Å². The van der Waals surface area contributed by atoms with Crippen molar-refractivity contribution in [3.8, 4) is 0 Å². The molecular weight excluding hydrogens is 236 g/mol. The fraction of sp³-hybridized carbons (Fsp3) is 0.455. The number of nitrogens with zero attached hydrogens (tertiary/aromatic N) is 3. The van der Waals surface area contributed by atoms with Crippen LogP contribution in [-0.2, 0) is 0 Å². The number of likely N-dealkylation sites (N-methyl/N-ethyl adjacent to an activating group) is 1. The molecule has 92 valence electrons. The molecule has 0 spiro atoms. The molecule has 0 radical (unpaired) electrons. The molecule has 17 heavy (non-hydrogen) atoms. The van der Waals surface area contributed by atoms with Gasteiger partial charge >= 0.3 is 0 Å². The Labute approximate surface area is 106 Å². The molecule has 0 aliphatic heterocycles. The van der Waals surface area contributed by atoms with Crippen molar-refractivity contribution in [3.05, 3.63) is 23.0 Å². The van der Waals surface area contributed by atoms with Crippen LogP contribution < -0.4 is 5.73 Å². The summed E-state index contributed by atoms with van der Waals surface area (Å²) in [5, 5.41) is 7.81. The Balaban J connectivity index is 3.04. The summed E-state index contributed by atoms with van der Waals surface area (Å²) in [7, 11) is 1.67. The molecule has 5 nitrogen and oxygen atoms in total. The van der Waals surface area contributed by atoms with Crippen LogP contribution in [-0.4, -0.2) is 39.1 Å². The highest BCUT2D eigenvalue weighted by Crippen LogP contribution is 2.10. The predicted octanol–water partition coefficient (Wildman–Crippen LogP) is 0.840. The van der Waals surface area contributed by atoms with E-state index < -0.39 is 0 Å². The number of hydrogen-bond acceptors (Lipinski definition) is 4. The zero-order chi connectivity index (χ0) is 13.2. The number of carbonyl (C=O) groups is 1. The topological polar surface area (TPSA) is 72.1 Å². The van der Waals surface area contributed by atoms with Crippen molar-refractivity contribution in [2.75, 3.05) is 7.05 Å². The molecule has 0 fully saturated rings. The third-order valence-electron chi connectivity index (χ3n) is 2.64. The van der Waals surface area contributed by atoms with Crippen LogP contribution in [0.25, 0.3) is 0 Å². The van der Waals surface area contributed by atoms with E-state index >= 15 is 0 Å². The highest BCUT2D eigenvalue weighted by Gasteiger charge is 2.21. The number of thiocarbonyl (C=S) groups is 1. The molecule has 1 aromatic heterocycles. The zero-order valence-corrected chi connectivity index (χ0v) is 11.2. The van der Waals surface area contributed by atoms with E-state index in [0.717, 1.165) is 0 Å². The summed E-state index contributed by atoms with van der Waals surface area (Å²) in [5.41, 5.74) is 7.36. The summed E-state index contributed by atoms with van der Waals surface area (Å²) in [4.78, 5) is 14.0. The summed E-state index contributed by atoms with van der Waals surface area (Å²) < 4.78 is 0. The summed E-state index contributed by atoms with van der Waals surface area (Å²) in [6.45, 7) is 5.33. The first-order valence-corrected chi connectivity index (χ1v) is 5.62. The minimum absolute atomic E-state index is 0.152. The van der Waals surface area contributed by atoms with Crippen molar-refractivity contribution in [2.45, 2.75) is 26.8 Å². The van der Waals surface area contributed by atoms with Crippen molar-refractivity contribution < 1.29 is 4.79 Å². The van der Waals surface area contributed by atoms with Crippen LogP contribution in [0, 0.1) is 13.8 Å². The Morgan fingerprint density at radius 3 is 2.59 bits per heavy atom. The molecule has 1 heterocycles. The van der Waals surface area contributed by atoms with Gasteiger partial charge in [0.15, 0.2) is 0 Å². The van der Waals surface area contributed by atoms with Crippen molar-refractivity contribution >= 4 is 23.1 Å². The molecule has 1 amide bonds. The van der Waals surface area contributed by atoms with Crippen molar-refractivity contribution in [1.82, 2.24) is 15.1 Å². The van der Waals surface area contributed by atoms with Crippen LogP contribution in [0.4, 0.5) is 0 Å². The highest BCUT2D eigenvalue weighted by atomic mass is 32.1. The molecule has 0 saturated carbocycles. The van der Waals surface area contributed by atoms with Gasteiger partial charge in [-0.1, -0.05) is 12.2 Å². The second-order valence-corrected chi connectivity index (χ2v) is 4.45. The number of rotatable bonds is 3. The Hall–Kier alpha value is -1.56. The minimum atomic E-state index is -0.287. The van der Waals surface area contributed by atoms with Crippen molar-refractivity contribution in [2.24, 2.45) is 5.73 Å². The number of carbonyl (C=O) groups excluding carboxylic acids is 1. The predicted molar refractivity (Wildman–Crippen MR) is 69.8 cm³/mol.